The lowest BCUT2D eigenvalue weighted by Crippen LogP contribution is -2.05. The molecule has 0 unspecified atom stereocenters. The second-order valence-electron chi connectivity index (χ2n) is 6.76. The maximum Gasteiger partial charge on any atom is 0.336 e. The summed E-state index contributed by atoms with van der Waals surface area (Å²) in [5.41, 5.74) is 1.65. The molecule has 0 atom stereocenters. The average molecular weight is 436 g/mol. The summed E-state index contributed by atoms with van der Waals surface area (Å²) < 4.78 is 21.6. The lowest BCUT2D eigenvalue weighted by Gasteiger charge is -2.12. The summed E-state index contributed by atoms with van der Waals surface area (Å²) >= 11 is 0. The minimum absolute atomic E-state index is 0.233. The quantitative estimate of drug-likeness (QED) is 0.223. The van der Waals surface area contributed by atoms with Gasteiger partial charge >= 0.3 is 5.97 Å². The van der Waals surface area contributed by atoms with E-state index in [9.17, 15) is 15.0 Å². The molecule has 0 fully saturated rings. The molecule has 166 valence electrons. The first kappa shape index (κ1) is 22.6. The van der Waals surface area contributed by atoms with Crippen molar-refractivity contribution in [3.63, 3.8) is 0 Å². The van der Waals surface area contributed by atoms with Crippen LogP contribution in [0.15, 0.2) is 66.7 Å². The Labute approximate surface area is 186 Å². The highest BCUT2D eigenvalue weighted by molar-refractivity contribution is 5.88. The number of phenols is 2. The van der Waals surface area contributed by atoms with Crippen molar-refractivity contribution in [3.8, 4) is 34.5 Å². The average Bonchev–Trinajstić information content (AvgIpc) is 2.81. The van der Waals surface area contributed by atoms with Gasteiger partial charge in [-0.15, -0.1) is 0 Å². The molecular weight excluding hydrogens is 412 g/mol. The van der Waals surface area contributed by atoms with E-state index in [4.69, 9.17) is 18.9 Å². The van der Waals surface area contributed by atoms with Gasteiger partial charge in [-0.2, -0.15) is 0 Å². The zero-order valence-electron chi connectivity index (χ0n) is 17.8. The number of phenolic OH excluding ortho intramolecular Hbond substituents is 2. The van der Waals surface area contributed by atoms with Crippen LogP contribution in [0, 0.1) is 0 Å². The summed E-state index contributed by atoms with van der Waals surface area (Å²) in [5, 5.41) is 18.8. The summed E-state index contributed by atoms with van der Waals surface area (Å²) in [6, 6.07) is 16.8. The Kier molecular flexibility index (Phi) is 7.59. The van der Waals surface area contributed by atoms with E-state index in [1.165, 1.54) is 31.4 Å². The molecule has 2 N–H and O–H groups in total. The van der Waals surface area contributed by atoms with Gasteiger partial charge in [0.1, 0.15) is 11.5 Å². The van der Waals surface area contributed by atoms with Gasteiger partial charge in [0.15, 0.2) is 23.0 Å². The largest absolute Gasteiger partial charge is 0.504 e. The zero-order valence-corrected chi connectivity index (χ0v) is 17.8. The Balaban J connectivity index is 1.57. The highest BCUT2D eigenvalue weighted by Crippen LogP contribution is 2.31. The topological polar surface area (TPSA) is 94.5 Å². The lowest BCUT2D eigenvalue weighted by molar-refractivity contribution is -0.128. The van der Waals surface area contributed by atoms with E-state index in [1.54, 1.807) is 31.4 Å². The first-order valence-corrected chi connectivity index (χ1v) is 9.84. The molecule has 0 aliphatic rings. The van der Waals surface area contributed by atoms with Crippen molar-refractivity contribution >= 4 is 12.0 Å². The van der Waals surface area contributed by atoms with Crippen LogP contribution in [-0.4, -0.2) is 37.0 Å². The van der Waals surface area contributed by atoms with Crippen LogP contribution < -0.4 is 18.9 Å². The smallest absolute Gasteiger partial charge is 0.336 e. The van der Waals surface area contributed by atoms with Gasteiger partial charge in [0, 0.05) is 18.6 Å². The monoisotopic (exact) mass is 436 g/mol. The van der Waals surface area contributed by atoms with E-state index in [0.717, 1.165) is 11.3 Å². The van der Waals surface area contributed by atoms with Gasteiger partial charge in [0.25, 0.3) is 0 Å². The molecule has 0 amide bonds. The first-order valence-electron chi connectivity index (χ1n) is 9.84. The van der Waals surface area contributed by atoms with Crippen LogP contribution in [0.25, 0.3) is 6.08 Å². The van der Waals surface area contributed by atoms with Gasteiger partial charge in [-0.05, 0) is 53.6 Å². The fourth-order valence-corrected chi connectivity index (χ4v) is 2.86. The van der Waals surface area contributed by atoms with Gasteiger partial charge in [-0.1, -0.05) is 18.2 Å². The van der Waals surface area contributed by atoms with Crippen LogP contribution in [0.4, 0.5) is 0 Å². The van der Waals surface area contributed by atoms with Gasteiger partial charge in [0.05, 0.1) is 20.8 Å². The Bertz CT molecular complexity index is 1090. The van der Waals surface area contributed by atoms with Crippen molar-refractivity contribution in [3.05, 3.63) is 77.9 Å². The molecule has 3 rings (SSSR count). The number of rotatable bonds is 9. The second kappa shape index (κ2) is 10.8. The van der Waals surface area contributed by atoms with Crippen molar-refractivity contribution < 1.29 is 34.0 Å². The van der Waals surface area contributed by atoms with Crippen molar-refractivity contribution in [1.29, 1.82) is 0 Å². The number of benzene rings is 3. The fourth-order valence-electron chi connectivity index (χ4n) is 2.86. The molecule has 0 saturated carbocycles. The molecule has 7 heteroatoms. The van der Waals surface area contributed by atoms with E-state index in [2.05, 4.69) is 0 Å². The molecule has 0 aromatic heterocycles. The SMILES string of the molecule is COc1ccc(CCOc2ccc(OC(=O)/C=C/c3ccc(O)c(O)c3)cc2OC)cc1. The van der Waals surface area contributed by atoms with E-state index in [1.807, 2.05) is 24.3 Å². The minimum Gasteiger partial charge on any atom is -0.504 e. The fraction of sp³-hybridized carbons (Fsp3) is 0.160. The number of carbonyl (C=O) groups excluding carboxylic acids is 1. The predicted octanol–water partition coefficient (Wildman–Crippen LogP) is 4.36. The van der Waals surface area contributed by atoms with Crippen molar-refractivity contribution in [2.24, 2.45) is 0 Å². The van der Waals surface area contributed by atoms with Crippen LogP contribution >= 0.6 is 0 Å². The van der Waals surface area contributed by atoms with Gasteiger partial charge in [0.2, 0.25) is 0 Å². The van der Waals surface area contributed by atoms with Crippen molar-refractivity contribution in [2.75, 3.05) is 20.8 Å². The number of aromatic hydroxyl groups is 2. The molecule has 0 saturated heterocycles. The third kappa shape index (κ3) is 6.18. The maximum absolute atomic E-state index is 12.1. The molecule has 0 spiro atoms. The standard InChI is InChI=1S/C25H24O7/c1-29-19-7-3-17(4-8-19)13-14-31-23-11-9-20(16-24(23)30-2)32-25(28)12-6-18-5-10-21(26)22(27)15-18/h3-12,15-16,26-27H,13-14H2,1-2H3/b12-6+. The third-order valence-electron chi connectivity index (χ3n) is 4.57. The Morgan fingerprint density at radius 3 is 2.28 bits per heavy atom. The minimum atomic E-state index is -0.604. The number of ether oxygens (including phenoxy) is 4. The van der Waals surface area contributed by atoms with E-state index < -0.39 is 5.97 Å². The van der Waals surface area contributed by atoms with E-state index in [-0.39, 0.29) is 11.5 Å². The molecule has 0 aliphatic carbocycles. The van der Waals surface area contributed by atoms with Crippen LogP contribution in [0.3, 0.4) is 0 Å². The van der Waals surface area contributed by atoms with Crippen LogP contribution in [0.1, 0.15) is 11.1 Å². The second-order valence-corrected chi connectivity index (χ2v) is 6.76. The van der Waals surface area contributed by atoms with Crippen LogP contribution in [-0.2, 0) is 11.2 Å². The molecule has 0 heterocycles. The molecule has 32 heavy (non-hydrogen) atoms. The Morgan fingerprint density at radius 2 is 1.59 bits per heavy atom. The normalized spacial score (nSPS) is 10.7. The first-order chi connectivity index (χ1) is 15.5. The van der Waals surface area contributed by atoms with Crippen molar-refractivity contribution in [1.82, 2.24) is 0 Å². The highest BCUT2D eigenvalue weighted by atomic mass is 16.5. The number of hydrogen-bond acceptors (Lipinski definition) is 7. The maximum atomic E-state index is 12.1. The Hall–Kier alpha value is -4.13. The molecule has 0 aliphatic heterocycles. The Morgan fingerprint density at radius 1 is 0.844 bits per heavy atom. The zero-order chi connectivity index (χ0) is 22.9. The highest BCUT2D eigenvalue weighted by Gasteiger charge is 2.09. The van der Waals surface area contributed by atoms with Gasteiger partial charge in [-0.25, -0.2) is 4.79 Å². The van der Waals surface area contributed by atoms with Gasteiger partial charge in [-0.3, -0.25) is 0 Å². The molecule has 7 nitrogen and oxygen atoms in total. The van der Waals surface area contributed by atoms with Crippen LogP contribution in [0.2, 0.25) is 0 Å². The number of esters is 1. The molecule has 0 bridgehead atoms. The van der Waals surface area contributed by atoms with Crippen LogP contribution in [0.5, 0.6) is 34.5 Å². The molecule has 3 aromatic carbocycles. The summed E-state index contributed by atoms with van der Waals surface area (Å²) in [7, 11) is 3.14. The number of methoxy groups -OCH3 is 2. The summed E-state index contributed by atoms with van der Waals surface area (Å²) in [5.74, 6) is 0.974. The van der Waals surface area contributed by atoms with E-state index in [0.29, 0.717) is 35.8 Å². The third-order valence-corrected chi connectivity index (χ3v) is 4.57. The van der Waals surface area contributed by atoms with Crippen molar-refractivity contribution in [2.45, 2.75) is 6.42 Å². The summed E-state index contributed by atoms with van der Waals surface area (Å²) in [6.45, 7) is 0.448. The number of hydrogen-bond donors (Lipinski definition) is 2. The number of carbonyl (C=O) groups is 1. The molecular formula is C25H24O7. The lowest BCUT2D eigenvalue weighted by atomic mass is 10.1. The molecule has 0 radical (unpaired) electrons. The van der Waals surface area contributed by atoms with E-state index >= 15 is 0 Å². The van der Waals surface area contributed by atoms with Gasteiger partial charge < -0.3 is 29.2 Å². The summed E-state index contributed by atoms with van der Waals surface area (Å²) in [6.07, 6.45) is 3.40. The summed E-state index contributed by atoms with van der Waals surface area (Å²) in [4.78, 5) is 12.1. The molecule has 3 aromatic rings. The predicted molar refractivity (Wildman–Crippen MR) is 120 cm³/mol.